The van der Waals surface area contributed by atoms with Crippen LogP contribution in [0.25, 0.3) is 104 Å². The van der Waals surface area contributed by atoms with Crippen LogP contribution >= 0.6 is 0 Å². The second kappa shape index (κ2) is 14.1. The molecule has 0 saturated carbocycles. The molecule has 13 rings (SSSR count). The highest BCUT2D eigenvalue weighted by molar-refractivity contribution is 6.29. The van der Waals surface area contributed by atoms with Crippen LogP contribution in [0.4, 0.5) is 17.1 Å². The third kappa shape index (κ3) is 5.46. The molecule has 63 heavy (non-hydrogen) atoms. The zero-order valence-electron chi connectivity index (χ0n) is 34.2. The smallest absolute Gasteiger partial charge is 0.138 e. The zero-order valence-corrected chi connectivity index (χ0v) is 34.2. The van der Waals surface area contributed by atoms with Crippen molar-refractivity contribution in [1.29, 1.82) is 0 Å². The van der Waals surface area contributed by atoms with Crippen LogP contribution in [0.1, 0.15) is 0 Å². The third-order valence-corrected chi connectivity index (χ3v) is 12.9. The van der Waals surface area contributed by atoms with Gasteiger partial charge in [-0.15, -0.1) is 0 Å². The predicted molar refractivity (Wildman–Crippen MR) is 266 cm³/mol. The van der Waals surface area contributed by atoms with Gasteiger partial charge < -0.3 is 13.9 Å². The van der Waals surface area contributed by atoms with Gasteiger partial charge in [0.2, 0.25) is 0 Å². The van der Waals surface area contributed by atoms with E-state index in [2.05, 4.69) is 240 Å². The van der Waals surface area contributed by atoms with E-state index in [-0.39, 0.29) is 0 Å². The van der Waals surface area contributed by atoms with Gasteiger partial charge in [0.05, 0.1) is 11.0 Å². The highest BCUT2D eigenvalue weighted by Gasteiger charge is 2.25. The molecule has 3 nitrogen and oxygen atoms in total. The highest BCUT2D eigenvalue weighted by Crippen LogP contribution is 2.49. The van der Waals surface area contributed by atoms with Crippen LogP contribution < -0.4 is 4.90 Å². The molecule has 3 heteroatoms. The number of nitrogens with zero attached hydrogens (tertiary/aromatic N) is 2. The summed E-state index contributed by atoms with van der Waals surface area (Å²) in [5, 5.41) is 12.2. The lowest BCUT2D eigenvalue weighted by Gasteiger charge is -2.26. The van der Waals surface area contributed by atoms with E-state index in [0.717, 1.165) is 61.3 Å². The van der Waals surface area contributed by atoms with Gasteiger partial charge in [-0.2, -0.15) is 0 Å². The standard InChI is InChI=1S/C60H38N2O/c1-4-17-39(18-5-1)45-28-16-29-53-58(45)60-54(38-56-59(51-27-14-15-30-55(51)63-56)57(60)40-19-6-2-7-20-40)62(53)43-33-31-42(32-34-43)61(41-21-8-3-9-22-41)44-35-36-50-48-25-11-10-23-46(48)47-24-12-13-26-49(47)52(50)37-44/h1-38H. The molecule has 11 aromatic carbocycles. The third-order valence-electron chi connectivity index (χ3n) is 12.9. The first-order valence-corrected chi connectivity index (χ1v) is 21.6. The Balaban J connectivity index is 1.06. The van der Waals surface area contributed by atoms with E-state index >= 15 is 0 Å². The molecule has 0 aliphatic heterocycles. The number of benzene rings is 11. The van der Waals surface area contributed by atoms with E-state index in [4.69, 9.17) is 4.42 Å². The fourth-order valence-corrected chi connectivity index (χ4v) is 10.3. The maximum Gasteiger partial charge on any atom is 0.138 e. The average molecular weight is 803 g/mol. The van der Waals surface area contributed by atoms with Crippen molar-refractivity contribution >= 4 is 93.1 Å². The van der Waals surface area contributed by atoms with Gasteiger partial charge in [-0.3, -0.25) is 0 Å². The van der Waals surface area contributed by atoms with E-state index in [0.29, 0.717) is 0 Å². The van der Waals surface area contributed by atoms with Crippen molar-refractivity contribution in [2.45, 2.75) is 0 Å². The Morgan fingerprint density at radius 2 is 0.857 bits per heavy atom. The van der Waals surface area contributed by atoms with Crippen molar-refractivity contribution < 1.29 is 4.42 Å². The molecule has 0 spiro atoms. The second-order valence-electron chi connectivity index (χ2n) is 16.4. The number of hydrogen-bond donors (Lipinski definition) is 0. The first kappa shape index (κ1) is 35.4. The van der Waals surface area contributed by atoms with Gasteiger partial charge in [0.15, 0.2) is 0 Å². The van der Waals surface area contributed by atoms with Gasteiger partial charge in [-0.1, -0.05) is 164 Å². The Morgan fingerprint density at radius 3 is 1.54 bits per heavy atom. The molecule has 0 saturated heterocycles. The number of para-hydroxylation sites is 2. The summed E-state index contributed by atoms with van der Waals surface area (Å²) in [6.45, 7) is 0. The first-order chi connectivity index (χ1) is 31.3. The summed E-state index contributed by atoms with van der Waals surface area (Å²) < 4.78 is 9.16. The second-order valence-corrected chi connectivity index (χ2v) is 16.4. The maximum absolute atomic E-state index is 6.73. The van der Waals surface area contributed by atoms with Crippen molar-refractivity contribution in [2.75, 3.05) is 4.90 Å². The summed E-state index contributed by atoms with van der Waals surface area (Å²) in [7, 11) is 0. The monoisotopic (exact) mass is 802 g/mol. The number of furan rings is 1. The van der Waals surface area contributed by atoms with Crippen LogP contribution in [0.2, 0.25) is 0 Å². The van der Waals surface area contributed by atoms with Crippen molar-refractivity contribution in [3.63, 3.8) is 0 Å². The van der Waals surface area contributed by atoms with E-state index in [9.17, 15) is 0 Å². The molecule has 2 aromatic heterocycles. The lowest BCUT2D eigenvalue weighted by Crippen LogP contribution is -2.10. The maximum atomic E-state index is 6.73. The molecule has 0 N–H and O–H groups in total. The molecule has 13 aromatic rings. The SMILES string of the molecule is c1ccc(-c2cccc3c2c2c(-c4ccccc4)c4c(cc2n3-c2ccc(N(c3ccccc3)c3ccc5c6ccccc6c6ccccc6c5c3)cc2)oc2ccccc24)cc1. The summed E-state index contributed by atoms with van der Waals surface area (Å²) in [4.78, 5) is 2.37. The molecule has 0 radical (unpaired) electrons. The number of rotatable bonds is 6. The summed E-state index contributed by atoms with van der Waals surface area (Å²) >= 11 is 0. The lowest BCUT2D eigenvalue weighted by atomic mass is 9.92. The van der Waals surface area contributed by atoms with Gasteiger partial charge in [0.1, 0.15) is 11.2 Å². The normalized spacial score (nSPS) is 11.8. The molecular formula is C60H38N2O. The van der Waals surface area contributed by atoms with Crippen molar-refractivity contribution in [2.24, 2.45) is 0 Å². The van der Waals surface area contributed by atoms with E-state index in [1.165, 1.54) is 59.8 Å². The van der Waals surface area contributed by atoms with Crippen LogP contribution in [0.5, 0.6) is 0 Å². The minimum absolute atomic E-state index is 0.872. The minimum atomic E-state index is 0.872. The Morgan fingerprint density at radius 1 is 0.317 bits per heavy atom. The van der Waals surface area contributed by atoms with Crippen LogP contribution in [-0.4, -0.2) is 4.57 Å². The summed E-state index contributed by atoms with van der Waals surface area (Å²) in [5.41, 5.74) is 13.1. The van der Waals surface area contributed by atoms with Crippen molar-refractivity contribution in [1.82, 2.24) is 4.57 Å². The van der Waals surface area contributed by atoms with Gasteiger partial charge in [-0.25, -0.2) is 0 Å². The summed E-state index contributed by atoms with van der Waals surface area (Å²) in [6.07, 6.45) is 0. The molecule has 2 heterocycles. The minimum Gasteiger partial charge on any atom is -0.456 e. The fourth-order valence-electron chi connectivity index (χ4n) is 10.3. The van der Waals surface area contributed by atoms with Crippen LogP contribution in [0.15, 0.2) is 235 Å². The largest absolute Gasteiger partial charge is 0.456 e. The molecule has 0 amide bonds. The summed E-state index contributed by atoms with van der Waals surface area (Å²) in [5.74, 6) is 0. The Bertz CT molecular complexity index is 3850. The molecule has 0 bridgehead atoms. The number of anilines is 3. The Hall–Kier alpha value is -8.40. The molecular weight excluding hydrogens is 765 g/mol. The molecule has 0 aliphatic rings. The topological polar surface area (TPSA) is 21.3 Å². The van der Waals surface area contributed by atoms with Crippen LogP contribution in [0, 0.1) is 0 Å². The number of hydrogen-bond acceptors (Lipinski definition) is 2. The summed E-state index contributed by atoms with van der Waals surface area (Å²) in [6, 6.07) is 83.3. The van der Waals surface area contributed by atoms with Crippen molar-refractivity contribution in [3.05, 3.63) is 231 Å². The highest BCUT2D eigenvalue weighted by atomic mass is 16.3. The number of aromatic nitrogens is 1. The van der Waals surface area contributed by atoms with Crippen molar-refractivity contribution in [3.8, 4) is 27.9 Å². The van der Waals surface area contributed by atoms with E-state index in [1.54, 1.807) is 0 Å². The molecule has 0 atom stereocenters. The quantitative estimate of drug-likeness (QED) is 0.156. The Labute approximate surface area is 363 Å². The first-order valence-electron chi connectivity index (χ1n) is 21.6. The predicted octanol–water partition coefficient (Wildman–Crippen LogP) is 16.9. The number of fused-ring (bicyclic) bond motifs is 12. The average Bonchev–Trinajstić information content (AvgIpc) is 3.90. The van der Waals surface area contributed by atoms with Gasteiger partial charge in [-0.05, 0) is 110 Å². The van der Waals surface area contributed by atoms with Gasteiger partial charge >= 0.3 is 0 Å². The van der Waals surface area contributed by atoms with Gasteiger partial charge in [0, 0.05) is 55.9 Å². The lowest BCUT2D eigenvalue weighted by molar-refractivity contribution is 0.669. The van der Waals surface area contributed by atoms with Crippen LogP contribution in [-0.2, 0) is 0 Å². The molecule has 294 valence electrons. The van der Waals surface area contributed by atoms with Crippen LogP contribution in [0.3, 0.4) is 0 Å². The fraction of sp³-hybridized carbons (Fsp3) is 0. The molecule has 0 aliphatic carbocycles. The molecule has 0 fully saturated rings. The Kier molecular flexibility index (Phi) is 7.91. The molecule has 0 unspecified atom stereocenters. The zero-order chi connectivity index (χ0) is 41.4. The van der Waals surface area contributed by atoms with Gasteiger partial charge in [0.25, 0.3) is 0 Å². The van der Waals surface area contributed by atoms with E-state index in [1.807, 2.05) is 0 Å². The van der Waals surface area contributed by atoms with E-state index < -0.39 is 0 Å².